The fraction of sp³-hybridized carbons (Fsp3) is 0.278. The van der Waals surface area contributed by atoms with Gasteiger partial charge in [0.2, 0.25) is 11.8 Å². The SMILES string of the molecule is CC(C)(C)c1ccc(Oc2ccc3c(c2)C=CC3)cc1.CC(C)(C)c1ccc(Oc2ccccc2)cn1.CC(C)(C)c1ccc(Oc2cnccn2)cc1.CC(C)(C)c1ccc(Oc2ncccn2)cc1.CC(C)(C)c1cnc(Oc2ccccc2)cn1.CC(C)(C)c1cnc(Oc2ccccc2)nc1. The van der Waals surface area contributed by atoms with Gasteiger partial charge in [0, 0.05) is 53.7 Å². The Bertz CT molecular complexity index is 3980. The first-order valence-electron chi connectivity index (χ1n) is 35.3. The number of para-hydroxylation sites is 3. The summed E-state index contributed by atoms with van der Waals surface area (Å²) in [7, 11) is 0. The second-order valence-electron chi connectivity index (χ2n) is 31.0. The maximum Gasteiger partial charge on any atom is 0.321 e. The van der Waals surface area contributed by atoms with E-state index in [-0.39, 0.29) is 32.5 Å². The topological polar surface area (TPSA) is 171 Å². The molecule has 5 heterocycles. The van der Waals surface area contributed by atoms with Crippen molar-refractivity contribution in [2.75, 3.05) is 0 Å². The third-order valence-electron chi connectivity index (χ3n) is 16.0. The van der Waals surface area contributed by atoms with E-state index in [2.05, 4.69) is 230 Å². The van der Waals surface area contributed by atoms with E-state index < -0.39 is 0 Å². The van der Waals surface area contributed by atoms with Gasteiger partial charge in [-0.2, -0.15) is 0 Å². The highest BCUT2D eigenvalue weighted by molar-refractivity contribution is 5.62. The third kappa shape index (κ3) is 27.0. The Morgan fingerprint density at radius 1 is 0.257 bits per heavy atom. The molecule has 12 aromatic rings. The Morgan fingerprint density at radius 2 is 0.657 bits per heavy atom. The van der Waals surface area contributed by atoms with Gasteiger partial charge in [-0.15, -0.1) is 0 Å². The molecular weight excluding hydrogens is 1300 g/mol. The van der Waals surface area contributed by atoms with Crippen LogP contribution in [0.3, 0.4) is 0 Å². The van der Waals surface area contributed by atoms with E-state index >= 15 is 0 Å². The molecule has 0 N–H and O–H groups in total. The van der Waals surface area contributed by atoms with Crippen molar-refractivity contribution in [3.63, 3.8) is 0 Å². The van der Waals surface area contributed by atoms with Crippen molar-refractivity contribution in [3.8, 4) is 69.8 Å². The van der Waals surface area contributed by atoms with Crippen molar-refractivity contribution in [2.24, 2.45) is 0 Å². The number of nitrogens with zero attached hydrogens (tertiary/aromatic N) is 9. The Hall–Kier alpha value is -11.5. The fourth-order valence-electron chi connectivity index (χ4n) is 9.62. The molecule has 105 heavy (non-hydrogen) atoms. The van der Waals surface area contributed by atoms with E-state index in [1.807, 2.05) is 158 Å². The van der Waals surface area contributed by atoms with Crippen molar-refractivity contribution >= 4 is 6.08 Å². The van der Waals surface area contributed by atoms with E-state index in [0.29, 0.717) is 23.8 Å². The highest BCUT2D eigenvalue weighted by Crippen LogP contribution is 2.33. The molecule has 0 saturated heterocycles. The van der Waals surface area contributed by atoms with E-state index in [0.717, 1.165) is 69.4 Å². The lowest BCUT2D eigenvalue weighted by Crippen LogP contribution is -2.13. The van der Waals surface area contributed by atoms with Gasteiger partial charge >= 0.3 is 12.0 Å². The van der Waals surface area contributed by atoms with E-state index in [9.17, 15) is 0 Å². The zero-order chi connectivity index (χ0) is 75.7. The molecule has 7 aromatic carbocycles. The maximum atomic E-state index is 5.94. The summed E-state index contributed by atoms with van der Waals surface area (Å²) >= 11 is 0. The summed E-state index contributed by atoms with van der Waals surface area (Å²) in [4.78, 5) is 37.5. The largest absolute Gasteiger partial charge is 0.457 e. The molecule has 15 heteroatoms. The summed E-state index contributed by atoms with van der Waals surface area (Å²) in [5.41, 5.74) is 10.3. The molecule has 1 aliphatic rings. The van der Waals surface area contributed by atoms with Crippen molar-refractivity contribution < 1.29 is 28.4 Å². The number of pyridine rings is 1. The summed E-state index contributed by atoms with van der Waals surface area (Å²) in [6, 6.07) is 66.0. The Morgan fingerprint density at radius 3 is 1.09 bits per heavy atom. The minimum absolute atomic E-state index is 0.0122. The average molecular weight is 1400 g/mol. The minimum Gasteiger partial charge on any atom is -0.457 e. The highest BCUT2D eigenvalue weighted by Gasteiger charge is 2.20. The van der Waals surface area contributed by atoms with Crippen LogP contribution in [0, 0.1) is 0 Å². The van der Waals surface area contributed by atoms with Gasteiger partial charge in [0.1, 0.15) is 46.0 Å². The predicted octanol–water partition coefficient (Wildman–Crippen LogP) is 23.8. The third-order valence-corrected chi connectivity index (χ3v) is 16.0. The molecule has 13 rings (SSSR count). The van der Waals surface area contributed by atoms with Crippen molar-refractivity contribution in [1.29, 1.82) is 0 Å². The normalized spacial score (nSPS) is 11.6. The van der Waals surface area contributed by atoms with Gasteiger partial charge < -0.3 is 28.4 Å². The van der Waals surface area contributed by atoms with Gasteiger partial charge in [-0.05, 0) is 165 Å². The number of aromatic nitrogens is 9. The fourth-order valence-corrected chi connectivity index (χ4v) is 9.62. The van der Waals surface area contributed by atoms with Gasteiger partial charge in [-0.25, -0.2) is 29.9 Å². The van der Waals surface area contributed by atoms with Crippen LogP contribution < -0.4 is 28.4 Å². The Kier molecular flexibility index (Phi) is 27.6. The van der Waals surface area contributed by atoms with Gasteiger partial charge in [-0.3, -0.25) is 15.0 Å². The number of hydrogen-bond acceptors (Lipinski definition) is 15. The van der Waals surface area contributed by atoms with Crippen LogP contribution in [0.5, 0.6) is 69.8 Å². The zero-order valence-corrected chi connectivity index (χ0v) is 64.2. The van der Waals surface area contributed by atoms with Crippen molar-refractivity contribution in [2.45, 2.75) is 164 Å². The van der Waals surface area contributed by atoms with Crippen molar-refractivity contribution in [3.05, 3.63) is 313 Å². The molecule has 0 amide bonds. The number of benzene rings is 7. The molecule has 0 atom stereocenters. The molecule has 15 nitrogen and oxygen atoms in total. The first-order chi connectivity index (χ1) is 49.8. The Labute approximate surface area is 622 Å². The first-order valence-corrected chi connectivity index (χ1v) is 35.3. The molecule has 0 unspecified atom stereocenters. The molecule has 0 fully saturated rings. The summed E-state index contributed by atoms with van der Waals surface area (Å²) < 4.78 is 33.8. The molecule has 0 saturated carbocycles. The lowest BCUT2D eigenvalue weighted by molar-refractivity contribution is 0.438. The summed E-state index contributed by atoms with van der Waals surface area (Å²) in [5, 5.41) is 0. The van der Waals surface area contributed by atoms with Crippen LogP contribution in [-0.2, 0) is 38.9 Å². The minimum atomic E-state index is 0.0122. The van der Waals surface area contributed by atoms with Crippen LogP contribution in [-0.4, -0.2) is 44.9 Å². The second kappa shape index (κ2) is 36.6. The van der Waals surface area contributed by atoms with E-state index in [1.54, 1.807) is 55.6 Å². The van der Waals surface area contributed by atoms with Gasteiger partial charge in [0.25, 0.3) is 0 Å². The number of fused-ring (bicyclic) bond motifs is 1. The number of hydrogen-bond donors (Lipinski definition) is 0. The second-order valence-corrected chi connectivity index (χ2v) is 31.0. The van der Waals surface area contributed by atoms with Crippen LogP contribution in [0.15, 0.2) is 268 Å². The predicted molar refractivity (Wildman–Crippen MR) is 423 cm³/mol. The maximum absolute atomic E-state index is 5.94. The molecule has 542 valence electrons. The number of rotatable bonds is 12. The monoisotopic (exact) mass is 1400 g/mol. The standard InChI is InChI=1S/C19H20O.C15H17NO.4C14H16N2O/c1-19(2,3)16-8-11-17(12-9-16)20-18-10-7-14-5-4-6-15(14)13-18;1-15(2,3)14-10-9-13(11-16-14)17-12-7-5-4-6-8-12;1-14(2,3)11-5-7-12(8-6-11)17-13-15-9-4-10-16-13;1-14(2,3)11-4-6-12(7-5-11)17-13-10-15-8-9-16-13;1-14(2,3)11-9-15-13(16-10-11)17-12-7-5-4-6-8-12;1-14(2,3)12-9-16-13(10-15-12)17-11-7-5-4-6-8-11/h4,6-13H,5H2,1-3H3;4-11H,1-3H3;4*4-10H,1-3H3. The van der Waals surface area contributed by atoms with Crippen LogP contribution >= 0.6 is 0 Å². The smallest absolute Gasteiger partial charge is 0.321 e. The van der Waals surface area contributed by atoms with E-state index in [1.165, 1.54) is 27.8 Å². The molecular formula is C90H101N9O6. The lowest BCUT2D eigenvalue weighted by atomic mass is 9.87. The van der Waals surface area contributed by atoms with Crippen LogP contribution in [0.2, 0.25) is 0 Å². The molecule has 0 aliphatic heterocycles. The van der Waals surface area contributed by atoms with Gasteiger partial charge in [0.05, 0.1) is 30.5 Å². The number of allylic oxidation sites excluding steroid dienone is 1. The number of ether oxygens (including phenoxy) is 6. The Balaban J connectivity index is 0.000000159. The van der Waals surface area contributed by atoms with Crippen LogP contribution in [0.4, 0.5) is 0 Å². The van der Waals surface area contributed by atoms with E-state index in [4.69, 9.17) is 28.4 Å². The molecule has 5 aromatic heterocycles. The summed E-state index contributed by atoms with van der Waals surface area (Å²) in [6.45, 7) is 38.9. The van der Waals surface area contributed by atoms with Crippen LogP contribution in [0.25, 0.3) is 6.08 Å². The first kappa shape index (κ1) is 79.3. The average Bonchev–Trinajstić information content (AvgIpc) is 1.81. The zero-order valence-electron chi connectivity index (χ0n) is 64.2. The van der Waals surface area contributed by atoms with Gasteiger partial charge in [-0.1, -0.05) is 234 Å². The van der Waals surface area contributed by atoms with Crippen molar-refractivity contribution in [1.82, 2.24) is 44.9 Å². The quantitative estimate of drug-likeness (QED) is 0.113. The molecule has 0 radical (unpaired) electrons. The molecule has 0 bridgehead atoms. The van der Waals surface area contributed by atoms with Crippen LogP contribution in [0.1, 0.15) is 169 Å². The molecule has 1 aliphatic carbocycles. The molecule has 0 spiro atoms. The van der Waals surface area contributed by atoms with Gasteiger partial charge in [0.15, 0.2) is 0 Å². The highest BCUT2D eigenvalue weighted by atomic mass is 16.5. The summed E-state index contributed by atoms with van der Waals surface area (Å²) in [5.74, 6) is 7.46. The summed E-state index contributed by atoms with van der Waals surface area (Å²) in [6.07, 6.45) is 22.3. The lowest BCUT2D eigenvalue weighted by Gasteiger charge is -2.19.